The van der Waals surface area contributed by atoms with Gasteiger partial charge in [-0.25, -0.2) is 9.37 Å². The van der Waals surface area contributed by atoms with Gasteiger partial charge in [0.25, 0.3) is 0 Å². The molecule has 2 aromatic rings. The zero-order valence-corrected chi connectivity index (χ0v) is 9.15. The van der Waals surface area contributed by atoms with Gasteiger partial charge >= 0.3 is 0 Å². The lowest BCUT2D eigenvalue weighted by atomic mass is 10.1. The molecule has 0 radical (unpaired) electrons. The molecule has 0 bridgehead atoms. The summed E-state index contributed by atoms with van der Waals surface area (Å²) in [5, 5.41) is 0. The topological polar surface area (TPSA) is 43.8 Å². The number of hydrogen-bond acceptors (Lipinski definition) is 2. The van der Waals surface area contributed by atoms with E-state index in [4.69, 9.17) is 5.73 Å². The fourth-order valence-corrected chi connectivity index (χ4v) is 1.73. The molecule has 0 aliphatic rings. The molecule has 0 spiro atoms. The molecule has 1 aromatic carbocycles. The smallest absolute Gasteiger partial charge is 0.125 e. The number of nitrogens with two attached hydrogens (primary N) is 1. The molecule has 1 aromatic heterocycles. The van der Waals surface area contributed by atoms with E-state index >= 15 is 0 Å². The Kier molecular flexibility index (Phi) is 3.01. The highest BCUT2D eigenvalue weighted by Gasteiger charge is 2.04. The minimum absolute atomic E-state index is 0.242. The van der Waals surface area contributed by atoms with Crippen molar-refractivity contribution in [1.29, 1.82) is 0 Å². The second-order valence-electron chi connectivity index (χ2n) is 3.70. The Morgan fingerprint density at radius 3 is 2.81 bits per heavy atom. The lowest BCUT2D eigenvalue weighted by Gasteiger charge is -2.08. The second-order valence-corrected chi connectivity index (χ2v) is 3.70. The van der Waals surface area contributed by atoms with Crippen LogP contribution in [0, 0.1) is 12.7 Å². The summed E-state index contributed by atoms with van der Waals surface area (Å²) in [6.45, 7) is 2.40. The third-order valence-electron chi connectivity index (χ3n) is 2.48. The van der Waals surface area contributed by atoms with Crippen LogP contribution in [-0.2, 0) is 6.42 Å². The van der Waals surface area contributed by atoms with E-state index in [2.05, 4.69) is 4.98 Å². The molecule has 0 unspecified atom stereocenters. The van der Waals surface area contributed by atoms with Crippen LogP contribution < -0.4 is 5.73 Å². The molecular formula is C12H14FN3. The zero-order chi connectivity index (χ0) is 11.5. The lowest BCUT2D eigenvalue weighted by Crippen LogP contribution is -2.04. The van der Waals surface area contributed by atoms with Crippen molar-refractivity contribution in [2.24, 2.45) is 5.73 Å². The van der Waals surface area contributed by atoms with Gasteiger partial charge in [0.15, 0.2) is 0 Å². The fourth-order valence-electron chi connectivity index (χ4n) is 1.73. The average molecular weight is 219 g/mol. The summed E-state index contributed by atoms with van der Waals surface area (Å²) in [7, 11) is 0. The largest absolute Gasteiger partial charge is 0.330 e. The molecule has 0 saturated heterocycles. The standard InChI is InChI=1S/C12H14FN3/c1-9-15-4-5-16(9)12-7-10(2-3-14)6-11(13)8-12/h4-8H,2-3,14H2,1H3. The molecule has 0 aliphatic carbocycles. The predicted octanol–water partition coefficient (Wildman–Crippen LogP) is 1.82. The summed E-state index contributed by atoms with van der Waals surface area (Å²) in [6, 6.07) is 4.95. The molecule has 2 N–H and O–H groups in total. The minimum Gasteiger partial charge on any atom is -0.330 e. The summed E-state index contributed by atoms with van der Waals surface area (Å²) in [4.78, 5) is 4.11. The number of nitrogens with zero attached hydrogens (tertiary/aromatic N) is 2. The van der Waals surface area contributed by atoms with Gasteiger partial charge in [-0.3, -0.25) is 0 Å². The van der Waals surface area contributed by atoms with E-state index < -0.39 is 0 Å². The monoisotopic (exact) mass is 219 g/mol. The first-order valence-corrected chi connectivity index (χ1v) is 5.20. The Bertz CT molecular complexity index is 491. The van der Waals surface area contributed by atoms with Crippen molar-refractivity contribution in [1.82, 2.24) is 9.55 Å². The highest BCUT2D eigenvalue weighted by molar-refractivity contribution is 5.37. The second kappa shape index (κ2) is 4.45. The van der Waals surface area contributed by atoms with Crippen LogP contribution in [0.2, 0.25) is 0 Å². The first-order valence-electron chi connectivity index (χ1n) is 5.20. The van der Waals surface area contributed by atoms with Crippen LogP contribution in [-0.4, -0.2) is 16.1 Å². The van der Waals surface area contributed by atoms with Gasteiger partial charge in [-0.2, -0.15) is 0 Å². The Morgan fingerprint density at radius 2 is 2.19 bits per heavy atom. The summed E-state index contributed by atoms with van der Waals surface area (Å²) in [5.41, 5.74) is 7.17. The summed E-state index contributed by atoms with van der Waals surface area (Å²) >= 11 is 0. The quantitative estimate of drug-likeness (QED) is 0.855. The molecule has 0 amide bonds. The van der Waals surface area contributed by atoms with Crippen LogP contribution in [0.5, 0.6) is 0 Å². The summed E-state index contributed by atoms with van der Waals surface area (Å²) < 4.78 is 15.3. The van der Waals surface area contributed by atoms with Gasteiger partial charge in [0.05, 0.1) is 0 Å². The average Bonchev–Trinajstić information content (AvgIpc) is 2.64. The van der Waals surface area contributed by atoms with Gasteiger partial charge in [0, 0.05) is 18.1 Å². The first kappa shape index (κ1) is 10.8. The fraction of sp³-hybridized carbons (Fsp3) is 0.250. The Morgan fingerprint density at radius 1 is 1.38 bits per heavy atom. The van der Waals surface area contributed by atoms with E-state index in [0.29, 0.717) is 13.0 Å². The summed E-state index contributed by atoms with van der Waals surface area (Å²) in [6.07, 6.45) is 4.19. The molecule has 1 heterocycles. The van der Waals surface area contributed by atoms with Gasteiger partial charge in [-0.1, -0.05) is 0 Å². The molecule has 84 valence electrons. The molecule has 2 rings (SSSR count). The van der Waals surface area contributed by atoms with Crippen molar-refractivity contribution in [3.8, 4) is 5.69 Å². The SMILES string of the molecule is Cc1nccn1-c1cc(F)cc(CCN)c1. The third kappa shape index (κ3) is 2.12. The number of aromatic nitrogens is 2. The summed E-state index contributed by atoms with van der Waals surface area (Å²) in [5.74, 6) is 0.596. The highest BCUT2D eigenvalue weighted by Crippen LogP contribution is 2.15. The molecule has 0 atom stereocenters. The maximum Gasteiger partial charge on any atom is 0.125 e. The van der Waals surface area contributed by atoms with E-state index in [1.54, 1.807) is 6.20 Å². The maximum atomic E-state index is 13.4. The number of halogens is 1. The normalized spacial score (nSPS) is 10.7. The van der Waals surface area contributed by atoms with E-state index in [1.807, 2.05) is 23.8 Å². The van der Waals surface area contributed by atoms with Gasteiger partial charge < -0.3 is 10.3 Å². The molecule has 3 nitrogen and oxygen atoms in total. The molecule has 16 heavy (non-hydrogen) atoms. The van der Waals surface area contributed by atoms with Gasteiger partial charge in [-0.15, -0.1) is 0 Å². The number of benzene rings is 1. The van der Waals surface area contributed by atoms with Crippen molar-refractivity contribution in [3.05, 3.63) is 47.8 Å². The molecule has 4 heteroatoms. The van der Waals surface area contributed by atoms with Crippen LogP contribution in [0.4, 0.5) is 4.39 Å². The van der Waals surface area contributed by atoms with Gasteiger partial charge in [0.2, 0.25) is 0 Å². The van der Waals surface area contributed by atoms with Crippen LogP contribution >= 0.6 is 0 Å². The Balaban J connectivity index is 2.45. The van der Waals surface area contributed by atoms with Gasteiger partial charge in [-0.05, 0) is 43.7 Å². The predicted molar refractivity (Wildman–Crippen MR) is 61.0 cm³/mol. The van der Waals surface area contributed by atoms with Gasteiger partial charge in [0.1, 0.15) is 11.6 Å². The van der Waals surface area contributed by atoms with Crippen molar-refractivity contribution in [2.45, 2.75) is 13.3 Å². The third-order valence-corrected chi connectivity index (χ3v) is 2.48. The molecular weight excluding hydrogens is 205 g/mol. The van der Waals surface area contributed by atoms with E-state index in [-0.39, 0.29) is 5.82 Å². The van der Waals surface area contributed by atoms with Crippen LogP contribution in [0.1, 0.15) is 11.4 Å². The number of rotatable bonds is 3. The Labute approximate surface area is 93.7 Å². The number of aryl methyl sites for hydroxylation is 1. The van der Waals surface area contributed by atoms with Crippen molar-refractivity contribution in [3.63, 3.8) is 0 Å². The van der Waals surface area contributed by atoms with Crippen molar-refractivity contribution >= 4 is 0 Å². The first-order chi connectivity index (χ1) is 7.70. The van der Waals surface area contributed by atoms with E-state index in [9.17, 15) is 4.39 Å². The minimum atomic E-state index is -0.242. The van der Waals surface area contributed by atoms with Crippen molar-refractivity contribution < 1.29 is 4.39 Å². The highest BCUT2D eigenvalue weighted by atomic mass is 19.1. The lowest BCUT2D eigenvalue weighted by molar-refractivity contribution is 0.623. The number of imidazole rings is 1. The van der Waals surface area contributed by atoms with E-state index in [1.165, 1.54) is 12.1 Å². The molecule has 0 saturated carbocycles. The van der Waals surface area contributed by atoms with Crippen molar-refractivity contribution in [2.75, 3.05) is 6.54 Å². The number of hydrogen-bond donors (Lipinski definition) is 1. The maximum absolute atomic E-state index is 13.4. The zero-order valence-electron chi connectivity index (χ0n) is 9.15. The van der Waals surface area contributed by atoms with Crippen LogP contribution in [0.25, 0.3) is 5.69 Å². The Hall–Kier alpha value is -1.68. The van der Waals surface area contributed by atoms with Crippen LogP contribution in [0.3, 0.4) is 0 Å². The van der Waals surface area contributed by atoms with Crippen LogP contribution in [0.15, 0.2) is 30.6 Å². The molecule has 0 fully saturated rings. The molecule has 0 aliphatic heterocycles. The van der Waals surface area contributed by atoms with E-state index in [0.717, 1.165) is 17.1 Å².